The molecule has 2 heterocycles. The second kappa shape index (κ2) is 9.35. The largest absolute Gasteiger partial charge is 0.478 e. The molecule has 0 saturated carbocycles. The lowest BCUT2D eigenvalue weighted by molar-refractivity contribution is 0.0872. The molecule has 0 atom stereocenters. The van der Waals surface area contributed by atoms with Crippen LogP contribution in [0.25, 0.3) is 6.08 Å². The summed E-state index contributed by atoms with van der Waals surface area (Å²) in [5.41, 5.74) is 5.82. The number of nitrogens with zero attached hydrogens (tertiary/aromatic N) is 2. The average Bonchev–Trinajstić information content (AvgIpc) is 3.19. The third-order valence-electron chi connectivity index (χ3n) is 6.56. The van der Waals surface area contributed by atoms with Crippen LogP contribution in [0.4, 0.5) is 5.69 Å². The van der Waals surface area contributed by atoms with Gasteiger partial charge in [0.25, 0.3) is 0 Å². The lowest BCUT2D eigenvalue weighted by atomic mass is 9.98. The lowest BCUT2D eigenvalue weighted by Crippen LogP contribution is -2.31. The first-order chi connectivity index (χ1) is 16.6. The maximum atomic E-state index is 13.3. The molecule has 2 aliphatic heterocycles. The van der Waals surface area contributed by atoms with E-state index in [4.69, 9.17) is 9.47 Å². The molecule has 0 aromatic heterocycles. The molecule has 34 heavy (non-hydrogen) atoms. The molecule has 3 aromatic carbocycles. The van der Waals surface area contributed by atoms with Crippen molar-refractivity contribution in [3.05, 3.63) is 94.2 Å². The van der Waals surface area contributed by atoms with Crippen LogP contribution >= 0.6 is 0 Å². The number of carbonyl (C=O) groups is 1. The fraction of sp³-hybridized carbons (Fsp3) is 0.276. The smallest absolute Gasteiger partial charge is 0.232 e. The van der Waals surface area contributed by atoms with E-state index in [0.29, 0.717) is 30.3 Å². The summed E-state index contributed by atoms with van der Waals surface area (Å²) in [5.74, 6) is 1.74. The Bertz CT molecular complexity index is 1230. The quantitative estimate of drug-likeness (QED) is 0.440. The van der Waals surface area contributed by atoms with E-state index >= 15 is 0 Å². The number of allylic oxidation sites excluding steroid dienone is 1. The number of rotatable bonds is 6. The Morgan fingerprint density at radius 1 is 1.03 bits per heavy atom. The number of aryl methyl sites for hydroxylation is 1. The Labute approximate surface area is 201 Å². The summed E-state index contributed by atoms with van der Waals surface area (Å²) in [5, 5.41) is 0. The van der Waals surface area contributed by atoms with Gasteiger partial charge in [-0.15, -0.1) is 0 Å². The molecular formula is C29H30N2O3. The van der Waals surface area contributed by atoms with Crippen molar-refractivity contribution in [3.63, 3.8) is 0 Å². The molecule has 0 N–H and O–H groups in total. The number of anilines is 1. The maximum absolute atomic E-state index is 13.3. The first-order valence-corrected chi connectivity index (χ1v) is 11.9. The molecule has 0 unspecified atom stereocenters. The molecule has 0 fully saturated rings. The number of hydrogen-bond acceptors (Lipinski definition) is 5. The van der Waals surface area contributed by atoms with Crippen molar-refractivity contribution >= 4 is 17.5 Å². The minimum Gasteiger partial charge on any atom is -0.478 e. The number of benzene rings is 3. The number of fused-ring (bicyclic) bond motifs is 3. The third kappa shape index (κ3) is 4.19. The van der Waals surface area contributed by atoms with E-state index in [9.17, 15) is 4.79 Å². The standard InChI is InChI=1S/C29H30N2O3/c1-4-31(5-2)23-13-11-21(12-14-23)16-26-28(32)27-20(3)15-25-24(29(27)34-26)18-30(19-33-25)17-22-9-7-6-8-10-22/h6-16H,4-5,17-19H2,1-3H3/b26-16-. The highest BCUT2D eigenvalue weighted by Gasteiger charge is 2.35. The maximum Gasteiger partial charge on any atom is 0.232 e. The molecule has 0 saturated heterocycles. The summed E-state index contributed by atoms with van der Waals surface area (Å²) >= 11 is 0. The van der Waals surface area contributed by atoms with Crippen molar-refractivity contribution in [2.45, 2.75) is 33.9 Å². The molecule has 0 amide bonds. The van der Waals surface area contributed by atoms with E-state index in [2.05, 4.69) is 47.9 Å². The van der Waals surface area contributed by atoms with Crippen LogP contribution in [0.1, 0.15) is 46.5 Å². The summed E-state index contributed by atoms with van der Waals surface area (Å²) in [7, 11) is 0. The van der Waals surface area contributed by atoms with E-state index < -0.39 is 0 Å². The van der Waals surface area contributed by atoms with Crippen LogP contribution in [0, 0.1) is 6.92 Å². The van der Waals surface area contributed by atoms with Crippen LogP contribution in [-0.2, 0) is 13.1 Å². The highest BCUT2D eigenvalue weighted by atomic mass is 16.5. The van der Waals surface area contributed by atoms with Gasteiger partial charge in [-0.05, 0) is 61.7 Å². The number of ether oxygens (including phenoxy) is 2. The highest BCUT2D eigenvalue weighted by Crippen LogP contribution is 2.44. The minimum atomic E-state index is -0.0664. The molecule has 0 radical (unpaired) electrons. The Kier molecular flexibility index (Phi) is 6.12. The van der Waals surface area contributed by atoms with Crippen molar-refractivity contribution in [1.82, 2.24) is 4.90 Å². The van der Waals surface area contributed by atoms with Gasteiger partial charge in [0, 0.05) is 31.9 Å². The Morgan fingerprint density at radius 2 is 1.76 bits per heavy atom. The van der Waals surface area contributed by atoms with Crippen LogP contribution in [0.2, 0.25) is 0 Å². The van der Waals surface area contributed by atoms with E-state index in [0.717, 1.165) is 42.1 Å². The van der Waals surface area contributed by atoms with Crippen molar-refractivity contribution < 1.29 is 14.3 Å². The van der Waals surface area contributed by atoms with Gasteiger partial charge in [-0.1, -0.05) is 42.5 Å². The topological polar surface area (TPSA) is 42.0 Å². The van der Waals surface area contributed by atoms with Crippen molar-refractivity contribution in [3.8, 4) is 11.5 Å². The molecule has 174 valence electrons. The molecule has 5 heteroatoms. The van der Waals surface area contributed by atoms with Crippen LogP contribution in [0.3, 0.4) is 0 Å². The van der Waals surface area contributed by atoms with Crippen molar-refractivity contribution in [2.24, 2.45) is 0 Å². The second-order valence-corrected chi connectivity index (χ2v) is 8.82. The number of ketones is 1. The van der Waals surface area contributed by atoms with E-state index in [1.807, 2.05) is 49.4 Å². The Morgan fingerprint density at radius 3 is 2.47 bits per heavy atom. The molecular weight excluding hydrogens is 424 g/mol. The van der Waals surface area contributed by atoms with Gasteiger partial charge in [-0.3, -0.25) is 9.69 Å². The van der Waals surface area contributed by atoms with Crippen molar-refractivity contribution in [2.75, 3.05) is 24.7 Å². The molecule has 2 aliphatic rings. The van der Waals surface area contributed by atoms with Crippen LogP contribution in [0.5, 0.6) is 11.5 Å². The molecule has 3 aromatic rings. The summed E-state index contributed by atoms with van der Waals surface area (Å²) in [4.78, 5) is 17.8. The SMILES string of the molecule is CCN(CC)c1ccc(/C=C2\Oc3c4c(cc(C)c3C2=O)OCN(Cc2ccccc2)C4)cc1. The van der Waals surface area contributed by atoms with Gasteiger partial charge in [0.05, 0.1) is 11.1 Å². The van der Waals surface area contributed by atoms with E-state index in [-0.39, 0.29) is 5.78 Å². The molecule has 0 spiro atoms. The summed E-state index contributed by atoms with van der Waals surface area (Å²) in [6.45, 7) is 10.1. The van der Waals surface area contributed by atoms with Crippen LogP contribution < -0.4 is 14.4 Å². The monoisotopic (exact) mass is 454 g/mol. The van der Waals surface area contributed by atoms with Gasteiger partial charge in [0.1, 0.15) is 18.2 Å². The fourth-order valence-corrected chi connectivity index (χ4v) is 4.74. The van der Waals surface area contributed by atoms with E-state index in [1.54, 1.807) is 0 Å². The van der Waals surface area contributed by atoms with E-state index in [1.165, 1.54) is 11.3 Å². The minimum absolute atomic E-state index is 0.0664. The van der Waals surface area contributed by atoms with Gasteiger partial charge in [-0.2, -0.15) is 0 Å². The Balaban J connectivity index is 1.41. The number of Topliss-reactive ketones (excluding diaryl/α,β-unsaturated/α-hetero) is 1. The Hall–Kier alpha value is -3.57. The zero-order chi connectivity index (χ0) is 23.7. The average molecular weight is 455 g/mol. The van der Waals surface area contributed by atoms with Gasteiger partial charge in [-0.25, -0.2) is 0 Å². The summed E-state index contributed by atoms with van der Waals surface area (Å²) in [6.07, 6.45) is 1.84. The fourth-order valence-electron chi connectivity index (χ4n) is 4.74. The van der Waals surface area contributed by atoms with Crippen LogP contribution in [0.15, 0.2) is 66.4 Å². The first-order valence-electron chi connectivity index (χ1n) is 11.9. The zero-order valence-electron chi connectivity index (χ0n) is 20.0. The second-order valence-electron chi connectivity index (χ2n) is 8.82. The van der Waals surface area contributed by atoms with Crippen LogP contribution in [-0.4, -0.2) is 30.5 Å². The van der Waals surface area contributed by atoms with Gasteiger partial charge >= 0.3 is 0 Å². The van der Waals surface area contributed by atoms with Gasteiger partial charge in [0.2, 0.25) is 5.78 Å². The predicted molar refractivity (Wildman–Crippen MR) is 135 cm³/mol. The third-order valence-corrected chi connectivity index (χ3v) is 6.56. The highest BCUT2D eigenvalue weighted by molar-refractivity contribution is 6.15. The van der Waals surface area contributed by atoms with Gasteiger partial charge in [0.15, 0.2) is 5.76 Å². The zero-order valence-corrected chi connectivity index (χ0v) is 20.0. The number of hydrogen-bond donors (Lipinski definition) is 0. The number of carbonyl (C=O) groups excluding carboxylic acids is 1. The summed E-state index contributed by atoms with van der Waals surface area (Å²) in [6, 6.07) is 20.6. The molecule has 0 aliphatic carbocycles. The molecule has 5 rings (SSSR count). The normalized spacial score (nSPS) is 16.1. The predicted octanol–water partition coefficient (Wildman–Crippen LogP) is 5.81. The summed E-state index contributed by atoms with van der Waals surface area (Å²) < 4.78 is 12.3. The first kappa shape index (κ1) is 22.2. The van der Waals surface area contributed by atoms with Gasteiger partial charge < -0.3 is 14.4 Å². The molecule has 0 bridgehead atoms. The molecule has 5 nitrogen and oxygen atoms in total. The lowest BCUT2D eigenvalue weighted by Gasteiger charge is -2.30. The van der Waals surface area contributed by atoms with Crippen molar-refractivity contribution in [1.29, 1.82) is 0 Å².